The summed E-state index contributed by atoms with van der Waals surface area (Å²) in [6, 6.07) is 5.73. The Morgan fingerprint density at radius 1 is 1.10 bits per heavy atom. The lowest BCUT2D eigenvalue weighted by atomic mass is 9.97. The van der Waals surface area contributed by atoms with Crippen LogP contribution in [-0.2, 0) is 6.54 Å². The van der Waals surface area contributed by atoms with E-state index in [9.17, 15) is 9.59 Å². The molecule has 3 heterocycles. The minimum absolute atomic E-state index is 0.0441. The molecule has 1 N–H and O–H groups in total. The van der Waals surface area contributed by atoms with E-state index in [2.05, 4.69) is 15.3 Å². The Kier molecular flexibility index (Phi) is 6.77. The Morgan fingerprint density at radius 3 is 2.53 bits per heavy atom. The summed E-state index contributed by atoms with van der Waals surface area (Å²) in [5.41, 5.74) is 1.45. The number of urea groups is 1. The molecule has 2 aliphatic rings. The van der Waals surface area contributed by atoms with Gasteiger partial charge in [-0.1, -0.05) is 25.7 Å². The third-order valence-corrected chi connectivity index (χ3v) is 6.38. The summed E-state index contributed by atoms with van der Waals surface area (Å²) < 4.78 is 1.69. The highest BCUT2D eigenvalue weighted by Gasteiger charge is 2.25. The number of amides is 2. The SMILES string of the molecule is O=C(NC1CCCCCC1)N1CCC(Cn2cnc(-c3cccnc3)cc2=O)CC1. The van der Waals surface area contributed by atoms with Gasteiger partial charge >= 0.3 is 6.03 Å². The van der Waals surface area contributed by atoms with Crippen LogP contribution < -0.4 is 10.9 Å². The largest absolute Gasteiger partial charge is 0.335 e. The van der Waals surface area contributed by atoms with Crippen molar-refractivity contribution in [3.63, 3.8) is 0 Å². The molecular formula is C23H31N5O2. The van der Waals surface area contributed by atoms with Gasteiger partial charge in [0.1, 0.15) is 0 Å². The van der Waals surface area contributed by atoms with Crippen LogP contribution in [0.5, 0.6) is 0 Å². The molecule has 2 aromatic rings. The highest BCUT2D eigenvalue weighted by Crippen LogP contribution is 2.21. The standard InChI is InChI=1S/C23H31N5O2/c29-22-14-21(19-6-5-11-24-15-19)25-17-28(22)16-18-9-12-27(13-10-18)23(30)26-20-7-3-1-2-4-8-20/h5-6,11,14-15,17-18,20H,1-4,7-10,12-13,16H2,(H,26,30). The van der Waals surface area contributed by atoms with Crippen molar-refractivity contribution in [2.45, 2.75) is 64.0 Å². The van der Waals surface area contributed by atoms with E-state index in [1.807, 2.05) is 17.0 Å². The number of hydrogen-bond acceptors (Lipinski definition) is 4. The summed E-state index contributed by atoms with van der Waals surface area (Å²) in [7, 11) is 0. The first kappa shape index (κ1) is 20.6. The molecule has 1 saturated carbocycles. The van der Waals surface area contributed by atoms with Crippen LogP contribution in [0, 0.1) is 5.92 Å². The molecule has 1 saturated heterocycles. The number of nitrogens with one attached hydrogen (secondary N) is 1. The van der Waals surface area contributed by atoms with Crippen LogP contribution in [0.25, 0.3) is 11.3 Å². The summed E-state index contributed by atoms with van der Waals surface area (Å²) in [4.78, 5) is 35.6. The monoisotopic (exact) mass is 409 g/mol. The van der Waals surface area contributed by atoms with Crippen LogP contribution in [0.15, 0.2) is 41.7 Å². The van der Waals surface area contributed by atoms with E-state index in [1.54, 1.807) is 29.4 Å². The van der Waals surface area contributed by atoms with Crippen molar-refractivity contribution in [2.24, 2.45) is 5.92 Å². The van der Waals surface area contributed by atoms with Crippen molar-refractivity contribution >= 4 is 6.03 Å². The van der Waals surface area contributed by atoms with Crippen molar-refractivity contribution in [2.75, 3.05) is 13.1 Å². The van der Waals surface area contributed by atoms with Crippen molar-refractivity contribution < 1.29 is 4.79 Å². The molecule has 2 fully saturated rings. The van der Waals surface area contributed by atoms with Gasteiger partial charge < -0.3 is 10.2 Å². The zero-order valence-electron chi connectivity index (χ0n) is 17.5. The van der Waals surface area contributed by atoms with E-state index in [1.165, 1.54) is 25.7 Å². The minimum atomic E-state index is -0.0441. The highest BCUT2D eigenvalue weighted by molar-refractivity contribution is 5.74. The van der Waals surface area contributed by atoms with Crippen molar-refractivity contribution in [3.05, 3.63) is 47.3 Å². The molecule has 0 unspecified atom stereocenters. The first-order valence-corrected chi connectivity index (χ1v) is 11.2. The third kappa shape index (κ3) is 5.26. The van der Waals surface area contributed by atoms with Crippen molar-refractivity contribution in [1.29, 1.82) is 0 Å². The Morgan fingerprint density at radius 2 is 1.87 bits per heavy atom. The number of carbonyl (C=O) groups is 1. The van der Waals surface area contributed by atoms with Gasteiger partial charge in [0.05, 0.1) is 12.0 Å². The predicted molar refractivity (Wildman–Crippen MR) is 116 cm³/mol. The van der Waals surface area contributed by atoms with Crippen LogP contribution in [0.1, 0.15) is 51.4 Å². The van der Waals surface area contributed by atoms with E-state index < -0.39 is 0 Å². The number of piperidine rings is 1. The number of nitrogens with zero attached hydrogens (tertiary/aromatic N) is 4. The summed E-state index contributed by atoms with van der Waals surface area (Å²) in [6.45, 7) is 2.15. The van der Waals surface area contributed by atoms with Crippen LogP contribution >= 0.6 is 0 Å². The topological polar surface area (TPSA) is 80.1 Å². The second-order valence-electron chi connectivity index (χ2n) is 8.57. The van der Waals surface area contributed by atoms with Crippen LogP contribution in [0.3, 0.4) is 0 Å². The van der Waals surface area contributed by atoms with E-state index in [-0.39, 0.29) is 11.6 Å². The molecular weight excluding hydrogens is 378 g/mol. The van der Waals surface area contributed by atoms with Gasteiger partial charge in [0, 0.05) is 49.7 Å². The summed E-state index contributed by atoms with van der Waals surface area (Å²) in [6.07, 6.45) is 14.1. The first-order chi connectivity index (χ1) is 14.7. The highest BCUT2D eigenvalue weighted by atomic mass is 16.2. The molecule has 7 heteroatoms. The van der Waals surface area contributed by atoms with Gasteiger partial charge in [-0.25, -0.2) is 9.78 Å². The maximum atomic E-state index is 12.6. The number of pyridine rings is 1. The minimum Gasteiger partial charge on any atom is -0.335 e. The fraction of sp³-hybridized carbons (Fsp3) is 0.565. The van der Waals surface area contributed by atoms with E-state index in [0.717, 1.165) is 44.3 Å². The lowest BCUT2D eigenvalue weighted by molar-refractivity contribution is 0.161. The molecule has 160 valence electrons. The number of carbonyl (C=O) groups excluding carboxylic acids is 1. The maximum absolute atomic E-state index is 12.6. The lowest BCUT2D eigenvalue weighted by Crippen LogP contribution is -2.48. The summed E-state index contributed by atoms with van der Waals surface area (Å²) in [5.74, 6) is 0.385. The van der Waals surface area contributed by atoms with E-state index in [4.69, 9.17) is 0 Å². The predicted octanol–water partition coefficient (Wildman–Crippen LogP) is 3.45. The average Bonchev–Trinajstić information content (AvgIpc) is 3.05. The Balaban J connectivity index is 1.28. The van der Waals surface area contributed by atoms with E-state index in [0.29, 0.717) is 24.2 Å². The Labute approximate surface area is 177 Å². The fourth-order valence-electron chi connectivity index (χ4n) is 4.52. The molecule has 1 aliphatic carbocycles. The molecule has 2 aromatic heterocycles. The van der Waals surface area contributed by atoms with Gasteiger partial charge in [0.2, 0.25) is 0 Å². The molecule has 0 radical (unpaired) electrons. The third-order valence-electron chi connectivity index (χ3n) is 6.38. The van der Waals surface area contributed by atoms with Crippen LogP contribution in [0.4, 0.5) is 4.79 Å². The molecule has 30 heavy (non-hydrogen) atoms. The molecule has 2 amide bonds. The Hall–Kier alpha value is -2.70. The van der Waals surface area contributed by atoms with Crippen LogP contribution in [0.2, 0.25) is 0 Å². The molecule has 7 nitrogen and oxygen atoms in total. The molecule has 0 bridgehead atoms. The lowest BCUT2D eigenvalue weighted by Gasteiger charge is -2.33. The van der Waals surface area contributed by atoms with Crippen LogP contribution in [-0.4, -0.2) is 44.6 Å². The number of likely N-dealkylation sites (tertiary alicyclic amines) is 1. The van der Waals surface area contributed by atoms with E-state index >= 15 is 0 Å². The van der Waals surface area contributed by atoms with Crippen molar-refractivity contribution in [3.8, 4) is 11.3 Å². The smallest absolute Gasteiger partial charge is 0.317 e. The maximum Gasteiger partial charge on any atom is 0.317 e. The molecule has 0 atom stereocenters. The van der Waals surface area contributed by atoms with Gasteiger partial charge in [0.25, 0.3) is 5.56 Å². The molecule has 0 aromatic carbocycles. The number of aromatic nitrogens is 3. The average molecular weight is 410 g/mol. The second-order valence-corrected chi connectivity index (χ2v) is 8.57. The van der Waals surface area contributed by atoms with Gasteiger partial charge in [0.15, 0.2) is 0 Å². The van der Waals surface area contributed by atoms with Gasteiger partial charge in [-0.3, -0.25) is 14.3 Å². The fourth-order valence-corrected chi connectivity index (χ4v) is 4.52. The number of rotatable bonds is 4. The van der Waals surface area contributed by atoms with Gasteiger partial charge in [-0.15, -0.1) is 0 Å². The molecule has 1 aliphatic heterocycles. The van der Waals surface area contributed by atoms with Crippen molar-refractivity contribution in [1.82, 2.24) is 24.8 Å². The summed E-state index contributed by atoms with van der Waals surface area (Å²) in [5, 5.41) is 3.24. The summed E-state index contributed by atoms with van der Waals surface area (Å²) >= 11 is 0. The van der Waals surface area contributed by atoms with Gasteiger partial charge in [-0.05, 0) is 43.7 Å². The molecule has 4 rings (SSSR count). The quantitative estimate of drug-likeness (QED) is 0.785. The number of hydrogen-bond donors (Lipinski definition) is 1. The zero-order chi connectivity index (χ0) is 20.8. The second kappa shape index (κ2) is 9.87. The molecule has 0 spiro atoms. The zero-order valence-corrected chi connectivity index (χ0v) is 17.5. The normalized spacial score (nSPS) is 18.7. The van der Waals surface area contributed by atoms with Gasteiger partial charge in [-0.2, -0.15) is 0 Å². The first-order valence-electron chi connectivity index (χ1n) is 11.2. The Bertz CT molecular complexity index is 882.